The van der Waals surface area contributed by atoms with Gasteiger partial charge in [0.15, 0.2) is 0 Å². The number of likely N-dealkylation sites (tertiary alicyclic amines) is 1. The number of rotatable bonds is 5. The summed E-state index contributed by atoms with van der Waals surface area (Å²) in [6, 6.07) is 1.31. The van der Waals surface area contributed by atoms with Gasteiger partial charge in [0, 0.05) is 38.1 Å². The van der Waals surface area contributed by atoms with Crippen molar-refractivity contribution in [2.45, 2.75) is 88.4 Å². The van der Waals surface area contributed by atoms with Crippen LogP contribution in [0.25, 0.3) is 0 Å². The van der Waals surface area contributed by atoms with E-state index in [1.54, 1.807) is 0 Å². The second-order valence-electron chi connectivity index (χ2n) is 11.6. The van der Waals surface area contributed by atoms with Crippen molar-refractivity contribution in [1.82, 2.24) is 31.2 Å². The van der Waals surface area contributed by atoms with Crippen LogP contribution in [0.4, 0.5) is 0 Å². The third-order valence-corrected chi connectivity index (χ3v) is 9.52. The summed E-state index contributed by atoms with van der Waals surface area (Å²) >= 11 is 0. The molecule has 5 heterocycles. The first kappa shape index (κ1) is 23.1. The van der Waals surface area contributed by atoms with Gasteiger partial charge < -0.3 is 15.4 Å². The Morgan fingerprint density at radius 1 is 0.818 bits per heavy atom. The van der Waals surface area contributed by atoms with Crippen LogP contribution in [0.3, 0.4) is 0 Å². The molecular formula is C25H46N6O2. The quantitative estimate of drug-likeness (QED) is 0.483. The van der Waals surface area contributed by atoms with E-state index < -0.39 is 0 Å². The number of fused-ring (bicyclic) bond motifs is 1. The molecule has 6 fully saturated rings. The average Bonchev–Trinajstić information content (AvgIpc) is 3.54. The molecule has 0 spiro atoms. The fourth-order valence-electron chi connectivity index (χ4n) is 7.64. The van der Waals surface area contributed by atoms with Crippen LogP contribution in [-0.2, 0) is 9.57 Å². The number of ether oxygens (including phenoxy) is 1. The lowest BCUT2D eigenvalue weighted by atomic mass is 9.76. The number of hydrogen-bond donors (Lipinski definition) is 4. The van der Waals surface area contributed by atoms with Crippen molar-refractivity contribution in [2.24, 2.45) is 17.8 Å². The third kappa shape index (κ3) is 5.28. The Morgan fingerprint density at radius 2 is 1.73 bits per heavy atom. The van der Waals surface area contributed by atoms with Crippen molar-refractivity contribution < 1.29 is 9.57 Å². The van der Waals surface area contributed by atoms with Gasteiger partial charge in [-0.15, -0.1) is 0 Å². The molecule has 8 heteroatoms. The standard InChI is InChI=1S/C25H46N6O2/c1-2-5-21-19(4-1)14-18(15-26-21)17-31-9-3-6-22(31)25-28-24(29-33-25)20-7-8-23(27-16-20)30-10-12-32-13-11-30/h18-29H,1-17H2. The maximum atomic E-state index is 6.18. The number of hydroxylamine groups is 1. The molecular weight excluding hydrogens is 416 g/mol. The third-order valence-electron chi connectivity index (χ3n) is 9.52. The smallest absolute Gasteiger partial charge is 0.146 e. The van der Waals surface area contributed by atoms with E-state index in [0.717, 1.165) is 50.7 Å². The van der Waals surface area contributed by atoms with Crippen molar-refractivity contribution in [1.29, 1.82) is 0 Å². The van der Waals surface area contributed by atoms with Gasteiger partial charge in [-0.25, -0.2) is 0 Å². The van der Waals surface area contributed by atoms with E-state index >= 15 is 0 Å². The van der Waals surface area contributed by atoms with Gasteiger partial charge in [-0.1, -0.05) is 12.8 Å². The molecule has 188 valence electrons. The summed E-state index contributed by atoms with van der Waals surface area (Å²) in [5.74, 6) is 2.30. The van der Waals surface area contributed by atoms with Gasteiger partial charge in [-0.3, -0.25) is 20.0 Å². The van der Waals surface area contributed by atoms with E-state index in [2.05, 4.69) is 31.2 Å². The molecule has 0 aromatic rings. The zero-order chi connectivity index (χ0) is 22.0. The highest BCUT2D eigenvalue weighted by Gasteiger charge is 2.42. The molecule has 8 unspecified atom stereocenters. The molecule has 0 bridgehead atoms. The average molecular weight is 463 g/mol. The Kier molecular flexibility index (Phi) is 7.52. The van der Waals surface area contributed by atoms with Crippen LogP contribution < -0.4 is 21.4 Å². The molecule has 6 aliphatic rings. The molecule has 0 radical (unpaired) electrons. The normalized spacial score (nSPS) is 45.8. The van der Waals surface area contributed by atoms with E-state index in [0.29, 0.717) is 18.1 Å². The molecule has 6 rings (SSSR count). The Morgan fingerprint density at radius 3 is 2.61 bits per heavy atom. The van der Waals surface area contributed by atoms with Gasteiger partial charge in [-0.05, 0) is 69.9 Å². The van der Waals surface area contributed by atoms with Crippen LogP contribution >= 0.6 is 0 Å². The zero-order valence-corrected chi connectivity index (χ0v) is 20.4. The minimum Gasteiger partial charge on any atom is -0.379 e. The molecule has 33 heavy (non-hydrogen) atoms. The lowest BCUT2D eigenvalue weighted by molar-refractivity contribution is -0.0297. The largest absolute Gasteiger partial charge is 0.379 e. The molecule has 5 aliphatic heterocycles. The second-order valence-corrected chi connectivity index (χ2v) is 11.6. The number of hydrogen-bond acceptors (Lipinski definition) is 8. The first-order chi connectivity index (χ1) is 16.3. The molecule has 0 amide bonds. The predicted octanol–water partition coefficient (Wildman–Crippen LogP) is 1.05. The van der Waals surface area contributed by atoms with Crippen LogP contribution in [0.2, 0.25) is 0 Å². The fourth-order valence-corrected chi connectivity index (χ4v) is 7.64. The minimum atomic E-state index is 0.119. The second kappa shape index (κ2) is 10.7. The van der Waals surface area contributed by atoms with E-state index in [-0.39, 0.29) is 12.4 Å². The fraction of sp³-hybridized carbons (Fsp3) is 1.00. The Labute approximate surface area is 199 Å². The molecule has 1 saturated carbocycles. The zero-order valence-electron chi connectivity index (χ0n) is 20.4. The topological polar surface area (TPSA) is 73.1 Å². The van der Waals surface area contributed by atoms with E-state index in [4.69, 9.17) is 9.57 Å². The van der Waals surface area contributed by atoms with Gasteiger partial charge in [0.1, 0.15) is 6.23 Å². The van der Waals surface area contributed by atoms with Gasteiger partial charge >= 0.3 is 0 Å². The van der Waals surface area contributed by atoms with Crippen LogP contribution in [-0.4, -0.2) is 92.9 Å². The van der Waals surface area contributed by atoms with Crippen LogP contribution in [0.1, 0.15) is 57.8 Å². The number of morpholine rings is 1. The number of piperidine rings is 2. The SMILES string of the molecule is C1CCC2NCC(CN3CCCC3C3NC(C4CCC(N5CCOCC5)NC4)NO3)CC2C1. The summed E-state index contributed by atoms with van der Waals surface area (Å²) in [5, 5.41) is 11.6. The molecule has 8 atom stereocenters. The number of nitrogens with one attached hydrogen (secondary N) is 4. The van der Waals surface area contributed by atoms with Crippen molar-refractivity contribution >= 4 is 0 Å². The van der Waals surface area contributed by atoms with Crippen LogP contribution in [0.15, 0.2) is 0 Å². The van der Waals surface area contributed by atoms with E-state index in [1.807, 2.05) is 0 Å². The van der Waals surface area contributed by atoms with Crippen LogP contribution in [0.5, 0.6) is 0 Å². The van der Waals surface area contributed by atoms with Gasteiger partial charge in [0.05, 0.1) is 31.6 Å². The van der Waals surface area contributed by atoms with E-state index in [1.165, 1.54) is 77.4 Å². The lowest BCUT2D eigenvalue weighted by Crippen LogP contribution is -2.57. The maximum Gasteiger partial charge on any atom is 0.146 e. The lowest BCUT2D eigenvalue weighted by Gasteiger charge is -2.42. The summed E-state index contributed by atoms with van der Waals surface area (Å²) in [6.07, 6.45) is 13.0. The molecule has 8 nitrogen and oxygen atoms in total. The van der Waals surface area contributed by atoms with Crippen molar-refractivity contribution in [3.05, 3.63) is 0 Å². The summed E-state index contributed by atoms with van der Waals surface area (Å²) in [4.78, 5) is 11.5. The molecule has 5 saturated heterocycles. The summed E-state index contributed by atoms with van der Waals surface area (Å²) in [5.41, 5.74) is 3.39. The van der Waals surface area contributed by atoms with E-state index in [9.17, 15) is 0 Å². The van der Waals surface area contributed by atoms with Gasteiger partial charge in [0.2, 0.25) is 0 Å². The highest BCUT2D eigenvalue weighted by molar-refractivity contribution is 4.94. The molecule has 0 aromatic heterocycles. The van der Waals surface area contributed by atoms with Crippen molar-refractivity contribution in [3.63, 3.8) is 0 Å². The predicted molar refractivity (Wildman–Crippen MR) is 128 cm³/mol. The molecule has 1 aliphatic carbocycles. The first-order valence-electron chi connectivity index (χ1n) is 14.0. The highest BCUT2D eigenvalue weighted by atomic mass is 16.7. The van der Waals surface area contributed by atoms with Gasteiger partial charge in [-0.2, -0.15) is 5.48 Å². The molecule has 4 N–H and O–H groups in total. The number of nitrogens with zero attached hydrogens (tertiary/aromatic N) is 2. The van der Waals surface area contributed by atoms with Crippen molar-refractivity contribution in [2.75, 3.05) is 52.5 Å². The Hall–Kier alpha value is -0.320. The first-order valence-corrected chi connectivity index (χ1v) is 14.0. The maximum absolute atomic E-state index is 6.18. The Bertz CT molecular complexity index is 626. The van der Waals surface area contributed by atoms with Crippen molar-refractivity contribution in [3.8, 4) is 0 Å². The summed E-state index contributed by atoms with van der Waals surface area (Å²) in [6.45, 7) is 8.59. The monoisotopic (exact) mass is 462 g/mol. The Balaban J connectivity index is 0.972. The highest BCUT2D eigenvalue weighted by Crippen LogP contribution is 2.34. The molecule has 0 aromatic carbocycles. The summed E-state index contributed by atoms with van der Waals surface area (Å²) in [7, 11) is 0. The van der Waals surface area contributed by atoms with Gasteiger partial charge in [0.25, 0.3) is 0 Å². The van der Waals surface area contributed by atoms with Crippen LogP contribution in [0, 0.1) is 17.8 Å². The minimum absolute atomic E-state index is 0.119. The summed E-state index contributed by atoms with van der Waals surface area (Å²) < 4.78 is 5.52.